The summed E-state index contributed by atoms with van der Waals surface area (Å²) in [7, 11) is 1.52. The van der Waals surface area contributed by atoms with Crippen LogP contribution in [-0.2, 0) is 17.5 Å². The zero-order valence-corrected chi connectivity index (χ0v) is 23.4. The maximum Gasteiger partial charge on any atom is 0.416 e. The molecule has 0 atom stereocenters. The van der Waals surface area contributed by atoms with E-state index in [4.69, 9.17) is 28.3 Å². The minimum atomic E-state index is -4.72. The molecule has 2 amide bonds. The quantitative estimate of drug-likeness (QED) is 0.321. The van der Waals surface area contributed by atoms with Crippen molar-refractivity contribution in [3.8, 4) is 34.2 Å². The molecule has 1 aliphatic heterocycles. The van der Waals surface area contributed by atoms with E-state index >= 15 is 0 Å². The van der Waals surface area contributed by atoms with E-state index in [1.807, 2.05) is 0 Å². The van der Waals surface area contributed by atoms with Crippen molar-refractivity contribution in [1.82, 2.24) is 14.8 Å². The van der Waals surface area contributed by atoms with Gasteiger partial charge in [0.2, 0.25) is 5.91 Å². The predicted octanol–water partition coefficient (Wildman–Crippen LogP) is 5.96. The third-order valence-electron chi connectivity index (χ3n) is 7.07. The lowest BCUT2D eigenvalue weighted by Crippen LogP contribution is -2.42. The van der Waals surface area contributed by atoms with Crippen LogP contribution in [0.5, 0.6) is 5.75 Å². The monoisotopic (exact) mass is 622 g/mol. The molecule has 1 aliphatic rings. The molecule has 3 N–H and O–H groups in total. The number of H-pyrrole nitrogens is 1. The van der Waals surface area contributed by atoms with Gasteiger partial charge in [0, 0.05) is 64.9 Å². The van der Waals surface area contributed by atoms with Crippen LogP contribution in [-0.4, -0.2) is 57.1 Å². The number of phenolic OH excluding ortho intramolecular Hbond substituents is 1. The highest BCUT2D eigenvalue weighted by molar-refractivity contribution is 6.33. The average molecular weight is 623 g/mol. The van der Waals surface area contributed by atoms with Gasteiger partial charge in [0.05, 0.1) is 11.3 Å². The van der Waals surface area contributed by atoms with Crippen LogP contribution in [0.3, 0.4) is 0 Å². The number of nitrogens with zero attached hydrogens (tertiary/aromatic N) is 3. The molecule has 1 fully saturated rings. The van der Waals surface area contributed by atoms with Crippen LogP contribution < -0.4 is 5.56 Å². The number of hydrogen-bond donors (Lipinski definition) is 3. The fourth-order valence-corrected chi connectivity index (χ4v) is 5.34. The van der Waals surface area contributed by atoms with Crippen molar-refractivity contribution < 1.29 is 33.0 Å². The van der Waals surface area contributed by atoms with Crippen molar-refractivity contribution >= 4 is 35.2 Å². The van der Waals surface area contributed by atoms with E-state index in [2.05, 4.69) is 4.98 Å². The van der Waals surface area contributed by atoms with Crippen LogP contribution in [0.4, 0.5) is 18.0 Å². The molecule has 42 heavy (non-hydrogen) atoms. The number of amides is 2. The molecule has 1 aromatic heterocycles. The lowest BCUT2D eigenvalue weighted by atomic mass is 9.95. The van der Waals surface area contributed by atoms with Crippen LogP contribution in [0.2, 0.25) is 10.0 Å². The molecule has 0 radical (unpaired) electrons. The summed E-state index contributed by atoms with van der Waals surface area (Å²) in [6, 6.07) is 8.16. The number of nitrogens with one attached hydrogen (secondary N) is 1. The Morgan fingerprint density at radius 3 is 2.38 bits per heavy atom. The molecular formula is C28H23Cl2F3N4O5. The largest absolute Gasteiger partial charge is 0.507 e. The standard InChI is InChI=1S/C28H23Cl2F3N4O5/c1-36(26(40)14-4-6-37(7-5-14)27(41)42)13-15-8-17(29)10-20(24(15)38)23-11-18(21(12-34)25(39)35-23)19-9-16(28(31,32)33)2-3-22(19)30/h2-3,8-11,14,38H,4-7,13H2,1H3,(H,35,39)(H,41,42). The Bertz CT molecular complexity index is 1660. The summed E-state index contributed by atoms with van der Waals surface area (Å²) in [5.74, 6) is -1.03. The molecule has 0 bridgehead atoms. The summed E-state index contributed by atoms with van der Waals surface area (Å²) in [6.45, 7) is 0.344. The molecule has 0 unspecified atom stereocenters. The zero-order chi connectivity index (χ0) is 30.9. The normalized spacial score (nSPS) is 14.0. The molecule has 0 spiro atoms. The lowest BCUT2D eigenvalue weighted by Gasteiger charge is -2.31. The number of hydrogen-bond acceptors (Lipinski definition) is 5. The smallest absolute Gasteiger partial charge is 0.416 e. The molecule has 14 heteroatoms. The van der Waals surface area contributed by atoms with Crippen molar-refractivity contribution in [3.05, 3.63) is 73.5 Å². The van der Waals surface area contributed by atoms with Gasteiger partial charge in [-0.25, -0.2) is 4.79 Å². The van der Waals surface area contributed by atoms with Crippen molar-refractivity contribution in [2.75, 3.05) is 20.1 Å². The van der Waals surface area contributed by atoms with Gasteiger partial charge in [0.1, 0.15) is 17.4 Å². The van der Waals surface area contributed by atoms with Gasteiger partial charge in [-0.15, -0.1) is 0 Å². The number of piperidine rings is 1. The molecule has 0 aliphatic carbocycles. The van der Waals surface area contributed by atoms with Gasteiger partial charge in [-0.1, -0.05) is 23.2 Å². The third-order valence-corrected chi connectivity index (χ3v) is 7.62. The molecule has 220 valence electrons. The highest BCUT2D eigenvalue weighted by Gasteiger charge is 2.32. The minimum absolute atomic E-state index is 0.000876. The first kappa shape index (κ1) is 30.7. The number of aromatic nitrogens is 1. The molecule has 9 nitrogen and oxygen atoms in total. The summed E-state index contributed by atoms with van der Waals surface area (Å²) in [5.41, 5.74) is -2.70. The number of benzene rings is 2. The van der Waals surface area contributed by atoms with Crippen LogP contribution in [0.25, 0.3) is 22.4 Å². The van der Waals surface area contributed by atoms with Gasteiger partial charge in [-0.3, -0.25) is 9.59 Å². The number of pyridine rings is 1. The lowest BCUT2D eigenvalue weighted by molar-refractivity contribution is -0.137. The first-order chi connectivity index (χ1) is 19.7. The molecule has 2 aromatic carbocycles. The molecular weight excluding hydrogens is 600 g/mol. The van der Waals surface area contributed by atoms with Crippen molar-refractivity contribution in [2.45, 2.75) is 25.6 Å². The highest BCUT2D eigenvalue weighted by Crippen LogP contribution is 2.40. The Balaban J connectivity index is 1.71. The minimum Gasteiger partial charge on any atom is -0.507 e. The van der Waals surface area contributed by atoms with E-state index in [1.54, 1.807) is 6.07 Å². The summed E-state index contributed by atoms with van der Waals surface area (Å²) >= 11 is 12.5. The average Bonchev–Trinajstić information content (AvgIpc) is 2.93. The second-order valence-electron chi connectivity index (χ2n) is 9.80. The van der Waals surface area contributed by atoms with Crippen molar-refractivity contribution in [3.63, 3.8) is 0 Å². The summed E-state index contributed by atoms with van der Waals surface area (Å²) in [6.07, 6.45) is -5.08. The Kier molecular flexibility index (Phi) is 8.75. The molecule has 4 rings (SSSR count). The van der Waals surface area contributed by atoms with Gasteiger partial charge in [0.15, 0.2) is 0 Å². The number of halogens is 5. The van der Waals surface area contributed by atoms with Crippen molar-refractivity contribution in [2.24, 2.45) is 5.92 Å². The van der Waals surface area contributed by atoms with E-state index in [-0.39, 0.29) is 69.3 Å². The van der Waals surface area contributed by atoms with E-state index in [0.717, 1.165) is 18.2 Å². The van der Waals surface area contributed by atoms with Gasteiger partial charge in [0.25, 0.3) is 5.56 Å². The molecule has 2 heterocycles. The highest BCUT2D eigenvalue weighted by atomic mass is 35.5. The number of aromatic hydroxyl groups is 1. The number of alkyl halides is 3. The molecule has 0 saturated carbocycles. The van der Waals surface area contributed by atoms with E-state index in [9.17, 15) is 37.9 Å². The first-order valence-corrected chi connectivity index (χ1v) is 13.3. The van der Waals surface area contributed by atoms with E-state index < -0.39 is 34.9 Å². The Morgan fingerprint density at radius 2 is 1.79 bits per heavy atom. The number of carbonyl (C=O) groups is 2. The maximum atomic E-state index is 13.4. The number of carboxylic acid groups (broad SMARTS) is 1. The van der Waals surface area contributed by atoms with E-state index in [1.165, 1.54) is 35.0 Å². The number of rotatable bonds is 5. The van der Waals surface area contributed by atoms with Gasteiger partial charge in [-0.05, 0) is 49.2 Å². The summed E-state index contributed by atoms with van der Waals surface area (Å²) < 4.78 is 40.2. The van der Waals surface area contributed by atoms with Gasteiger partial charge < -0.3 is 25.0 Å². The number of nitriles is 1. The summed E-state index contributed by atoms with van der Waals surface area (Å²) in [4.78, 5) is 42.1. The van der Waals surface area contributed by atoms with E-state index in [0.29, 0.717) is 12.8 Å². The second kappa shape index (κ2) is 12.0. The van der Waals surface area contributed by atoms with Crippen molar-refractivity contribution in [1.29, 1.82) is 5.26 Å². The van der Waals surface area contributed by atoms with Crippen LogP contribution in [0.15, 0.2) is 41.2 Å². The van der Waals surface area contributed by atoms with Gasteiger partial charge in [-0.2, -0.15) is 18.4 Å². The third kappa shape index (κ3) is 6.32. The zero-order valence-electron chi connectivity index (χ0n) is 21.9. The van der Waals surface area contributed by atoms with Crippen LogP contribution in [0.1, 0.15) is 29.5 Å². The maximum absolute atomic E-state index is 13.4. The molecule has 1 saturated heterocycles. The van der Waals surface area contributed by atoms with Crippen LogP contribution in [0, 0.1) is 17.2 Å². The summed E-state index contributed by atoms with van der Waals surface area (Å²) in [5, 5.41) is 29.9. The predicted molar refractivity (Wildman–Crippen MR) is 148 cm³/mol. The number of likely N-dealkylation sites (tertiary alicyclic amines) is 1. The SMILES string of the molecule is CN(Cc1cc(Cl)cc(-c2cc(-c3cc(C(F)(F)F)ccc3Cl)c(C#N)c(=O)[nH]2)c1O)C(=O)C1CCN(C(=O)O)CC1. The molecule has 3 aromatic rings. The first-order valence-electron chi connectivity index (χ1n) is 12.5. The van der Waals surface area contributed by atoms with Crippen LogP contribution >= 0.6 is 23.2 Å². The topological polar surface area (TPSA) is 138 Å². The second-order valence-corrected chi connectivity index (χ2v) is 10.6. The number of phenols is 1. The Hall–Kier alpha value is -4.21. The Labute approximate surface area is 247 Å². The fourth-order valence-electron chi connectivity index (χ4n) is 4.88. The Morgan fingerprint density at radius 1 is 1.12 bits per heavy atom. The number of aromatic amines is 1. The fraction of sp³-hybridized carbons (Fsp3) is 0.286. The van der Waals surface area contributed by atoms with Gasteiger partial charge >= 0.3 is 12.3 Å². The number of carbonyl (C=O) groups excluding carboxylic acids is 1.